The Bertz CT molecular complexity index is 1940. The molecule has 0 saturated heterocycles. The summed E-state index contributed by atoms with van der Waals surface area (Å²) in [5.74, 6) is 0. The first-order valence-electron chi connectivity index (χ1n) is 16.1. The molecule has 0 saturated carbocycles. The van der Waals surface area contributed by atoms with E-state index >= 15 is 0 Å². The quantitative estimate of drug-likeness (QED) is 0.174. The SMILES string of the molecule is [2H]C([2H])([2H])C1=CN=C(c2[c-]cc(C([2H])([2H])[2H])cc2)CC1.[2H]c1c(C([2H])([2H])[2H])cnc(-c2[c-]cc3c(c2)sc2ccccc23)c1[2H].[Ir]. The topological polar surface area (TPSA) is 25.2 Å². The molecular weight excluding hydrogens is 625 g/mol. The van der Waals surface area contributed by atoms with Gasteiger partial charge in [0.15, 0.2) is 0 Å². The van der Waals surface area contributed by atoms with E-state index in [0.29, 0.717) is 29.5 Å². The van der Waals surface area contributed by atoms with Crippen molar-refractivity contribution in [2.75, 3.05) is 0 Å². The van der Waals surface area contributed by atoms with Crippen molar-refractivity contribution >= 4 is 37.2 Å². The molecule has 3 aromatic carbocycles. The third-order valence-electron chi connectivity index (χ3n) is 5.33. The van der Waals surface area contributed by atoms with Crippen LogP contribution in [0.3, 0.4) is 0 Å². The Morgan fingerprint density at radius 1 is 0.886 bits per heavy atom. The summed E-state index contributed by atoms with van der Waals surface area (Å²) >= 11 is 1.64. The molecule has 3 heterocycles. The Morgan fingerprint density at radius 2 is 1.77 bits per heavy atom. The zero-order valence-electron chi connectivity index (χ0n) is 29.4. The van der Waals surface area contributed by atoms with Gasteiger partial charge in [-0.2, -0.15) is 11.3 Å². The molecule has 5 aromatic rings. The maximum Gasteiger partial charge on any atom is 0.0618 e. The molecule has 0 spiro atoms. The average molecular weight is 662 g/mol. The molecule has 1 aliphatic rings. The number of hydrogen-bond acceptors (Lipinski definition) is 3. The Labute approximate surface area is 240 Å². The minimum atomic E-state index is -2.45. The number of fused-ring (bicyclic) bond motifs is 3. The molecule has 0 fully saturated rings. The fraction of sp³-hybridized carbons (Fsp3) is 0.161. The van der Waals surface area contributed by atoms with E-state index in [2.05, 4.69) is 34.2 Å². The van der Waals surface area contributed by atoms with Gasteiger partial charge in [-0.05, 0) is 59.7 Å². The monoisotopic (exact) mass is 662 g/mol. The van der Waals surface area contributed by atoms with Gasteiger partial charge in [0.2, 0.25) is 0 Å². The van der Waals surface area contributed by atoms with Gasteiger partial charge in [0, 0.05) is 49.5 Å². The summed E-state index contributed by atoms with van der Waals surface area (Å²) in [4.78, 5) is 8.30. The molecule has 6 rings (SSSR count). The maximum absolute atomic E-state index is 8.15. The molecule has 0 amide bonds. The molecule has 0 atom stereocenters. The zero-order valence-corrected chi connectivity index (χ0v) is 21.6. The molecule has 0 bridgehead atoms. The Hall–Kier alpha value is -2.91. The Kier molecular flexibility index (Phi) is 4.68. The van der Waals surface area contributed by atoms with E-state index < -0.39 is 20.6 Å². The van der Waals surface area contributed by atoms with Crippen LogP contribution >= 0.6 is 11.3 Å². The second-order valence-electron chi connectivity index (χ2n) is 7.71. The van der Waals surface area contributed by atoms with Gasteiger partial charge in [0.25, 0.3) is 0 Å². The fourth-order valence-electron chi connectivity index (χ4n) is 3.60. The summed E-state index contributed by atoms with van der Waals surface area (Å²) in [6.45, 7) is -6.68. The number of aryl methyl sites for hydroxylation is 2. The molecule has 1 aliphatic heterocycles. The molecule has 4 heteroatoms. The van der Waals surface area contributed by atoms with Gasteiger partial charge in [-0.3, -0.25) is 0 Å². The summed E-state index contributed by atoms with van der Waals surface area (Å²) in [6.07, 6.45) is 3.51. The second-order valence-corrected chi connectivity index (χ2v) is 8.80. The van der Waals surface area contributed by atoms with Gasteiger partial charge in [0.1, 0.15) is 0 Å². The fourth-order valence-corrected chi connectivity index (χ4v) is 4.73. The molecule has 1 radical (unpaired) electrons. The van der Waals surface area contributed by atoms with Crippen LogP contribution in [-0.2, 0) is 20.1 Å². The number of hydrogen-bond donors (Lipinski definition) is 0. The van der Waals surface area contributed by atoms with Crippen molar-refractivity contribution in [3.8, 4) is 11.3 Å². The zero-order chi connectivity index (χ0) is 32.7. The van der Waals surface area contributed by atoms with E-state index in [-0.39, 0.29) is 49.0 Å². The maximum atomic E-state index is 8.15. The van der Waals surface area contributed by atoms with E-state index in [1.807, 2.05) is 24.3 Å². The average Bonchev–Trinajstić information content (AvgIpc) is 3.35. The minimum Gasteiger partial charge on any atom is -0.309 e. The van der Waals surface area contributed by atoms with Gasteiger partial charge in [0.05, 0.1) is 2.74 Å². The van der Waals surface area contributed by atoms with Crippen molar-refractivity contribution in [1.82, 2.24) is 4.98 Å². The summed E-state index contributed by atoms with van der Waals surface area (Å²) < 4.78 is 84.5. The third-order valence-corrected chi connectivity index (χ3v) is 6.47. The predicted octanol–water partition coefficient (Wildman–Crippen LogP) is 8.50. The molecule has 177 valence electrons. The second kappa shape index (κ2) is 11.2. The van der Waals surface area contributed by atoms with Crippen LogP contribution in [0, 0.1) is 25.8 Å². The molecular formula is C31H26IrN2S-2. The molecule has 0 aliphatic carbocycles. The third kappa shape index (κ3) is 5.84. The molecule has 0 N–H and O–H groups in total. The first-order valence-corrected chi connectivity index (χ1v) is 11.4. The van der Waals surface area contributed by atoms with Crippen LogP contribution in [0.2, 0.25) is 0 Å². The number of allylic oxidation sites excluding steroid dienone is 1. The van der Waals surface area contributed by atoms with Gasteiger partial charge >= 0.3 is 0 Å². The minimum absolute atomic E-state index is 0. The van der Waals surface area contributed by atoms with Gasteiger partial charge < -0.3 is 9.98 Å². The molecule has 2 nitrogen and oxygen atoms in total. The van der Waals surface area contributed by atoms with Crippen LogP contribution in [0.15, 0.2) is 89.6 Å². The normalized spacial score (nSPS) is 18.6. The Balaban J connectivity index is 0.000000210. The first-order chi connectivity index (χ1) is 21.0. The van der Waals surface area contributed by atoms with Crippen molar-refractivity contribution in [3.05, 3.63) is 113 Å². The van der Waals surface area contributed by atoms with E-state index in [0.717, 1.165) is 21.2 Å². The molecule has 0 unspecified atom stereocenters. The van der Waals surface area contributed by atoms with Crippen molar-refractivity contribution < 1.29 is 35.2 Å². The number of nitrogens with zero attached hydrogens (tertiary/aromatic N) is 2. The van der Waals surface area contributed by atoms with Gasteiger partial charge in [-0.1, -0.05) is 48.1 Å². The summed E-state index contributed by atoms with van der Waals surface area (Å²) in [6, 6.07) is 22.0. The number of aliphatic imine (C=N–C) groups is 1. The molecule has 2 aromatic heterocycles. The van der Waals surface area contributed by atoms with Crippen LogP contribution in [0.1, 0.15) is 51.5 Å². The van der Waals surface area contributed by atoms with E-state index in [9.17, 15) is 0 Å². The van der Waals surface area contributed by atoms with E-state index in [4.69, 9.17) is 15.1 Å². The standard InChI is InChI=1S/C18H12NS.C13H14N.Ir/c1-12-6-9-16(19-11-12)13-7-8-15-14-4-2-3-5-17(14)20-18(15)10-13;1-10-3-6-12(7-4-10)13-8-5-11(2)9-14-13;/h2-6,8-11H,1H3;3-4,6,9H,5,8H2,1-2H3;/q2*-1;/i1D3,6D,9D;1D3,2D3;. The number of aromatic nitrogens is 1. The summed E-state index contributed by atoms with van der Waals surface area (Å²) in [5, 5.41) is 2.24. The largest absolute Gasteiger partial charge is 0.309 e. The number of rotatable bonds is 2. The smallest absolute Gasteiger partial charge is 0.0618 e. The van der Waals surface area contributed by atoms with Crippen molar-refractivity contribution in [2.24, 2.45) is 4.99 Å². The van der Waals surface area contributed by atoms with Crippen molar-refractivity contribution in [1.29, 1.82) is 0 Å². The van der Waals surface area contributed by atoms with Crippen LogP contribution in [0.25, 0.3) is 31.4 Å². The molecule has 35 heavy (non-hydrogen) atoms. The number of thiophene rings is 1. The van der Waals surface area contributed by atoms with Gasteiger partial charge in [-0.25, -0.2) is 0 Å². The van der Waals surface area contributed by atoms with Crippen LogP contribution < -0.4 is 0 Å². The number of pyridine rings is 1. The van der Waals surface area contributed by atoms with Crippen molar-refractivity contribution in [3.63, 3.8) is 0 Å². The first kappa shape index (κ1) is 14.6. The van der Waals surface area contributed by atoms with Crippen LogP contribution in [-0.4, -0.2) is 10.7 Å². The van der Waals surface area contributed by atoms with Crippen LogP contribution in [0.4, 0.5) is 0 Å². The summed E-state index contributed by atoms with van der Waals surface area (Å²) in [5.41, 5.74) is 2.68. The summed E-state index contributed by atoms with van der Waals surface area (Å²) in [7, 11) is 0. The van der Waals surface area contributed by atoms with E-state index in [1.165, 1.54) is 29.2 Å². The van der Waals surface area contributed by atoms with Crippen LogP contribution in [0.5, 0.6) is 0 Å². The Morgan fingerprint density at radius 3 is 2.54 bits per heavy atom. The number of benzene rings is 3. The van der Waals surface area contributed by atoms with Gasteiger partial charge in [-0.15, -0.1) is 59.2 Å². The predicted molar refractivity (Wildman–Crippen MR) is 146 cm³/mol. The van der Waals surface area contributed by atoms with E-state index in [1.54, 1.807) is 17.4 Å². The van der Waals surface area contributed by atoms with Crippen molar-refractivity contribution in [2.45, 2.75) is 33.4 Å².